The summed E-state index contributed by atoms with van der Waals surface area (Å²) in [5.41, 5.74) is -0.654. The Labute approximate surface area is 188 Å². The normalized spacial score (nSPS) is 25.6. The zero-order chi connectivity index (χ0) is 23.8. The van der Waals surface area contributed by atoms with Gasteiger partial charge in [0.15, 0.2) is 21.8 Å². The van der Waals surface area contributed by atoms with Crippen molar-refractivity contribution < 1.29 is 35.6 Å². The zero-order valence-corrected chi connectivity index (χ0v) is 18.7. The van der Waals surface area contributed by atoms with Crippen LogP contribution in [0, 0.1) is 5.92 Å². The number of rotatable bonds is 6. The second-order valence-electron chi connectivity index (χ2n) is 9.21. The van der Waals surface area contributed by atoms with E-state index in [1.165, 1.54) is 4.90 Å². The number of hydrogen-bond acceptors (Lipinski definition) is 7. The van der Waals surface area contributed by atoms with Gasteiger partial charge in [-0.05, 0) is 50.3 Å². The van der Waals surface area contributed by atoms with Gasteiger partial charge in [0.1, 0.15) is 5.75 Å². The first-order valence-corrected chi connectivity index (χ1v) is 12.5. The predicted octanol–water partition coefficient (Wildman–Crippen LogP) is 3.09. The Hall–Kier alpha value is -2.63. The van der Waals surface area contributed by atoms with Crippen molar-refractivity contribution in [1.82, 2.24) is 15.0 Å². The SMILES string of the molecule is C[C@H](Oc1ccc(S(C)(=O)=O)cc1C(=O)N1CC2CC2(c2noc(C3CC3)n2)C1)C(F)(F)F. The number of carbonyl (C=O) groups excluding carboxylic acids is 1. The third-order valence-corrected chi connectivity index (χ3v) is 7.73. The number of ether oxygens (including phenoxy) is 1. The van der Waals surface area contributed by atoms with Crippen molar-refractivity contribution in [3.63, 3.8) is 0 Å². The molecule has 1 aliphatic heterocycles. The standard InChI is InChI=1S/C21H22F3N3O5S/c1-11(21(22,23)24)31-16-6-5-14(33(2,29)30)7-15(16)18(28)27-9-13-8-20(13,10-27)19-25-17(32-26-19)12-3-4-12/h5-7,11-13H,3-4,8-10H2,1-2H3/t11-,13?,20?/m0/s1. The number of alkyl halides is 3. The van der Waals surface area contributed by atoms with E-state index in [2.05, 4.69) is 10.1 Å². The molecule has 3 atom stereocenters. The molecule has 0 bridgehead atoms. The molecule has 8 nitrogen and oxygen atoms in total. The van der Waals surface area contributed by atoms with Gasteiger partial charge in [-0.2, -0.15) is 18.2 Å². The predicted molar refractivity (Wildman–Crippen MR) is 108 cm³/mol. The van der Waals surface area contributed by atoms with E-state index < -0.39 is 33.4 Å². The molecule has 3 fully saturated rings. The molecule has 2 aromatic rings. The Morgan fingerprint density at radius 3 is 2.70 bits per heavy atom. The third kappa shape index (κ3) is 3.98. The summed E-state index contributed by atoms with van der Waals surface area (Å²) in [5.74, 6) is 0.657. The number of halogens is 3. The molecule has 2 saturated carbocycles. The van der Waals surface area contributed by atoms with Crippen molar-refractivity contribution >= 4 is 15.7 Å². The maximum atomic E-state index is 13.3. The second-order valence-corrected chi connectivity index (χ2v) is 11.2. The molecule has 1 amide bonds. The Balaban J connectivity index is 1.42. The minimum absolute atomic E-state index is 0.114. The lowest BCUT2D eigenvalue weighted by Crippen LogP contribution is -2.35. The molecule has 12 heteroatoms. The molecule has 0 radical (unpaired) electrons. The van der Waals surface area contributed by atoms with Crippen LogP contribution in [0.25, 0.3) is 0 Å². The summed E-state index contributed by atoms with van der Waals surface area (Å²) in [6.45, 7) is 1.47. The smallest absolute Gasteiger partial charge is 0.425 e. The summed E-state index contributed by atoms with van der Waals surface area (Å²) in [6, 6.07) is 3.30. The summed E-state index contributed by atoms with van der Waals surface area (Å²) < 4.78 is 73.6. The van der Waals surface area contributed by atoms with Gasteiger partial charge < -0.3 is 14.2 Å². The number of nitrogens with zero attached hydrogens (tertiary/aromatic N) is 3. The first-order chi connectivity index (χ1) is 15.4. The van der Waals surface area contributed by atoms with E-state index >= 15 is 0 Å². The van der Waals surface area contributed by atoms with E-state index in [1.807, 2.05) is 0 Å². The maximum absolute atomic E-state index is 13.3. The highest BCUT2D eigenvalue weighted by Gasteiger charge is 2.64. The third-order valence-electron chi connectivity index (χ3n) is 6.62. The average molecular weight is 485 g/mol. The van der Waals surface area contributed by atoms with Gasteiger partial charge in [-0.1, -0.05) is 5.16 Å². The lowest BCUT2D eigenvalue weighted by Gasteiger charge is -2.24. The van der Waals surface area contributed by atoms with E-state index in [1.54, 1.807) is 0 Å². The summed E-state index contributed by atoms with van der Waals surface area (Å²) in [7, 11) is -3.69. The number of fused-ring (bicyclic) bond motifs is 1. The average Bonchev–Trinajstić information content (AvgIpc) is 3.61. The van der Waals surface area contributed by atoms with Crippen LogP contribution in [0.1, 0.15) is 54.2 Å². The molecule has 1 aromatic carbocycles. The van der Waals surface area contributed by atoms with E-state index in [9.17, 15) is 26.4 Å². The van der Waals surface area contributed by atoms with Crippen LogP contribution in [0.2, 0.25) is 0 Å². The molecule has 0 spiro atoms. The van der Waals surface area contributed by atoms with Crippen molar-refractivity contribution in [3.05, 3.63) is 35.5 Å². The number of amides is 1. The summed E-state index contributed by atoms with van der Waals surface area (Å²) in [4.78, 5) is 19.2. The van der Waals surface area contributed by atoms with Crippen molar-refractivity contribution in [2.75, 3.05) is 19.3 Å². The van der Waals surface area contributed by atoms with Crippen LogP contribution in [0.5, 0.6) is 5.75 Å². The molecule has 1 saturated heterocycles. The zero-order valence-electron chi connectivity index (χ0n) is 17.9. The molecule has 5 rings (SSSR count). The lowest BCUT2D eigenvalue weighted by molar-refractivity contribution is -0.189. The first kappa shape index (κ1) is 22.2. The highest BCUT2D eigenvalue weighted by Crippen LogP contribution is 2.58. The lowest BCUT2D eigenvalue weighted by atomic mass is 10.1. The molecule has 178 valence electrons. The fourth-order valence-corrected chi connectivity index (χ4v) is 5.00. The maximum Gasteiger partial charge on any atom is 0.425 e. The number of carbonyl (C=O) groups is 1. The number of hydrogen-bond donors (Lipinski definition) is 0. The Bertz CT molecular complexity index is 1220. The largest absolute Gasteiger partial charge is 0.480 e. The number of sulfone groups is 1. The van der Waals surface area contributed by atoms with Gasteiger partial charge in [0.25, 0.3) is 5.91 Å². The van der Waals surface area contributed by atoms with Crippen LogP contribution in [-0.2, 0) is 15.3 Å². The van der Waals surface area contributed by atoms with Gasteiger partial charge in [-0.25, -0.2) is 8.42 Å². The van der Waals surface area contributed by atoms with Gasteiger partial charge in [0, 0.05) is 25.3 Å². The van der Waals surface area contributed by atoms with E-state index in [4.69, 9.17) is 9.26 Å². The molecule has 33 heavy (non-hydrogen) atoms. The van der Waals surface area contributed by atoms with Gasteiger partial charge in [-0.15, -0.1) is 0 Å². The summed E-state index contributed by atoms with van der Waals surface area (Å²) in [5, 5.41) is 4.12. The van der Waals surface area contributed by atoms with E-state index in [0.717, 1.165) is 50.6 Å². The fraction of sp³-hybridized carbons (Fsp3) is 0.571. The van der Waals surface area contributed by atoms with E-state index in [-0.39, 0.29) is 28.7 Å². The van der Waals surface area contributed by atoms with Crippen LogP contribution in [-0.4, -0.2) is 61.0 Å². The number of piperidine rings is 1. The fourth-order valence-electron chi connectivity index (χ4n) is 4.35. The van der Waals surface area contributed by atoms with Crippen molar-refractivity contribution in [2.24, 2.45) is 5.92 Å². The Morgan fingerprint density at radius 2 is 2.06 bits per heavy atom. The van der Waals surface area contributed by atoms with Crippen LogP contribution >= 0.6 is 0 Å². The highest BCUT2D eigenvalue weighted by molar-refractivity contribution is 7.90. The molecule has 2 unspecified atom stereocenters. The monoisotopic (exact) mass is 485 g/mol. The molecule has 2 heterocycles. The van der Waals surface area contributed by atoms with Crippen molar-refractivity contribution in [1.29, 1.82) is 0 Å². The van der Waals surface area contributed by atoms with Crippen LogP contribution < -0.4 is 4.74 Å². The van der Waals surface area contributed by atoms with Gasteiger partial charge >= 0.3 is 6.18 Å². The van der Waals surface area contributed by atoms with Gasteiger partial charge in [0.05, 0.1) is 15.9 Å². The van der Waals surface area contributed by atoms with Crippen LogP contribution in [0.15, 0.2) is 27.6 Å². The molecular formula is C21H22F3N3O5S. The molecule has 0 N–H and O–H groups in total. The topological polar surface area (TPSA) is 103 Å². The molecule has 3 aliphatic rings. The number of likely N-dealkylation sites (tertiary alicyclic amines) is 1. The van der Waals surface area contributed by atoms with E-state index in [0.29, 0.717) is 24.2 Å². The first-order valence-electron chi connectivity index (χ1n) is 10.6. The number of benzene rings is 1. The van der Waals surface area contributed by atoms with Crippen molar-refractivity contribution in [2.45, 2.75) is 54.7 Å². The van der Waals surface area contributed by atoms with Gasteiger partial charge in [-0.3, -0.25) is 4.79 Å². The van der Waals surface area contributed by atoms with Gasteiger partial charge in [0.2, 0.25) is 5.89 Å². The molecular weight excluding hydrogens is 463 g/mol. The minimum atomic E-state index is -4.65. The van der Waals surface area contributed by atoms with Crippen molar-refractivity contribution in [3.8, 4) is 5.75 Å². The quantitative estimate of drug-likeness (QED) is 0.620. The Kier molecular flexibility index (Phi) is 4.83. The van der Waals surface area contributed by atoms with Crippen LogP contribution in [0.3, 0.4) is 0 Å². The summed E-state index contributed by atoms with van der Waals surface area (Å²) in [6.07, 6.45) is -3.04. The highest BCUT2D eigenvalue weighted by atomic mass is 32.2. The van der Waals surface area contributed by atoms with Crippen LogP contribution in [0.4, 0.5) is 13.2 Å². The molecule has 1 aromatic heterocycles. The minimum Gasteiger partial charge on any atom is -0.480 e. The Morgan fingerprint density at radius 1 is 1.33 bits per heavy atom. The summed E-state index contributed by atoms with van der Waals surface area (Å²) >= 11 is 0. The molecule has 2 aliphatic carbocycles. The number of aromatic nitrogens is 2. The second kappa shape index (κ2) is 7.18.